The monoisotopic (exact) mass is 346 g/mol. The van der Waals surface area contributed by atoms with Crippen molar-refractivity contribution in [3.8, 4) is 0 Å². The number of furan rings is 1. The van der Waals surface area contributed by atoms with Gasteiger partial charge in [0.15, 0.2) is 5.76 Å². The number of aryl methyl sites for hydroxylation is 1. The molecule has 3 aliphatic rings. The summed E-state index contributed by atoms with van der Waals surface area (Å²) in [6, 6.07) is 1.81. The van der Waals surface area contributed by atoms with Crippen molar-refractivity contribution in [1.29, 1.82) is 0 Å². The Morgan fingerprint density at radius 2 is 2.20 bits per heavy atom. The number of carbonyl (C=O) groups is 2. The number of ether oxygens (including phenoxy) is 1. The summed E-state index contributed by atoms with van der Waals surface area (Å²) in [5, 5.41) is 0. The van der Waals surface area contributed by atoms with Gasteiger partial charge in [-0.3, -0.25) is 9.59 Å². The average Bonchev–Trinajstić information content (AvgIpc) is 3.01. The number of hydrogen-bond acceptors (Lipinski definition) is 4. The van der Waals surface area contributed by atoms with Crippen LogP contribution in [0.2, 0.25) is 0 Å². The topological polar surface area (TPSA) is 63.0 Å². The van der Waals surface area contributed by atoms with E-state index in [0.717, 1.165) is 44.3 Å². The Morgan fingerprint density at radius 3 is 2.84 bits per heavy atom. The van der Waals surface area contributed by atoms with Gasteiger partial charge < -0.3 is 19.0 Å². The first kappa shape index (κ1) is 16.6. The van der Waals surface area contributed by atoms with E-state index < -0.39 is 0 Å². The number of likely N-dealkylation sites (tertiary alicyclic amines) is 2. The summed E-state index contributed by atoms with van der Waals surface area (Å²) in [5.41, 5.74) is 0.695. The van der Waals surface area contributed by atoms with E-state index in [1.165, 1.54) is 0 Å². The lowest BCUT2D eigenvalue weighted by Crippen LogP contribution is -2.66. The highest BCUT2D eigenvalue weighted by molar-refractivity contribution is 5.93. The van der Waals surface area contributed by atoms with E-state index in [2.05, 4.69) is 0 Å². The molecule has 3 saturated heterocycles. The molecule has 0 unspecified atom stereocenters. The quantitative estimate of drug-likeness (QED) is 0.842. The summed E-state index contributed by atoms with van der Waals surface area (Å²) in [6.07, 6.45) is 6.42. The van der Waals surface area contributed by atoms with E-state index in [1.807, 2.05) is 17.9 Å². The van der Waals surface area contributed by atoms with Crippen molar-refractivity contribution in [2.75, 3.05) is 32.8 Å². The van der Waals surface area contributed by atoms with E-state index in [0.29, 0.717) is 43.7 Å². The van der Waals surface area contributed by atoms with Gasteiger partial charge in [0.25, 0.3) is 5.91 Å². The van der Waals surface area contributed by atoms with Crippen LogP contribution in [0.5, 0.6) is 0 Å². The Hall–Kier alpha value is -1.82. The van der Waals surface area contributed by atoms with Crippen LogP contribution in [0.15, 0.2) is 16.7 Å². The van der Waals surface area contributed by atoms with E-state index in [1.54, 1.807) is 11.2 Å². The molecule has 0 N–H and O–H groups in total. The third-order valence-corrected chi connectivity index (χ3v) is 5.83. The first-order chi connectivity index (χ1) is 12.1. The number of rotatable bonds is 3. The predicted molar refractivity (Wildman–Crippen MR) is 91.2 cm³/mol. The van der Waals surface area contributed by atoms with Crippen LogP contribution in [-0.2, 0) is 9.53 Å². The Labute approximate surface area is 148 Å². The van der Waals surface area contributed by atoms with E-state index in [-0.39, 0.29) is 11.5 Å². The smallest absolute Gasteiger partial charge is 0.290 e. The van der Waals surface area contributed by atoms with Crippen LogP contribution in [0.3, 0.4) is 0 Å². The third kappa shape index (κ3) is 3.19. The normalized spacial score (nSPS) is 26.0. The molecule has 136 valence electrons. The third-order valence-electron chi connectivity index (χ3n) is 5.83. The second-order valence-electron chi connectivity index (χ2n) is 7.79. The number of carbonyl (C=O) groups excluding carboxylic acids is 2. The number of amides is 2. The minimum Gasteiger partial charge on any atom is -0.459 e. The maximum Gasteiger partial charge on any atom is 0.290 e. The fourth-order valence-electron chi connectivity index (χ4n) is 4.21. The SMILES string of the molecule is Cc1ccoc1C(=O)N1CC2(CC[C@@H](CN3CCCCC3=O)CO2)C1. The Morgan fingerprint density at radius 1 is 1.36 bits per heavy atom. The van der Waals surface area contributed by atoms with Gasteiger partial charge in [0.05, 0.1) is 26.0 Å². The highest BCUT2D eigenvalue weighted by atomic mass is 16.5. The van der Waals surface area contributed by atoms with Crippen molar-refractivity contribution in [3.63, 3.8) is 0 Å². The molecular weight excluding hydrogens is 320 g/mol. The molecule has 1 spiro atoms. The van der Waals surface area contributed by atoms with Crippen LogP contribution in [-0.4, -0.2) is 60.0 Å². The first-order valence-electron chi connectivity index (χ1n) is 9.31. The first-order valence-corrected chi connectivity index (χ1v) is 9.31. The molecule has 1 atom stereocenters. The van der Waals surface area contributed by atoms with Gasteiger partial charge in [0, 0.05) is 31.0 Å². The summed E-state index contributed by atoms with van der Waals surface area (Å²) < 4.78 is 11.5. The van der Waals surface area contributed by atoms with Gasteiger partial charge in [-0.15, -0.1) is 0 Å². The fourth-order valence-corrected chi connectivity index (χ4v) is 4.21. The van der Waals surface area contributed by atoms with E-state index >= 15 is 0 Å². The molecule has 0 radical (unpaired) electrons. The van der Waals surface area contributed by atoms with Crippen molar-refractivity contribution < 1.29 is 18.7 Å². The molecule has 6 nitrogen and oxygen atoms in total. The van der Waals surface area contributed by atoms with Crippen molar-refractivity contribution in [1.82, 2.24) is 9.80 Å². The molecule has 0 aromatic carbocycles. The van der Waals surface area contributed by atoms with Crippen LogP contribution in [0.4, 0.5) is 0 Å². The van der Waals surface area contributed by atoms with Gasteiger partial charge in [-0.1, -0.05) is 0 Å². The number of nitrogens with zero attached hydrogens (tertiary/aromatic N) is 2. The van der Waals surface area contributed by atoms with Crippen molar-refractivity contribution in [3.05, 3.63) is 23.7 Å². The summed E-state index contributed by atoms with van der Waals surface area (Å²) in [4.78, 5) is 28.2. The fraction of sp³-hybridized carbons (Fsp3) is 0.684. The van der Waals surface area contributed by atoms with Crippen LogP contribution in [0.25, 0.3) is 0 Å². The number of piperidine rings is 1. The van der Waals surface area contributed by atoms with Gasteiger partial charge in [0.2, 0.25) is 5.91 Å². The van der Waals surface area contributed by atoms with Gasteiger partial charge in [-0.2, -0.15) is 0 Å². The zero-order valence-electron chi connectivity index (χ0n) is 14.8. The molecule has 2 amide bonds. The van der Waals surface area contributed by atoms with Gasteiger partial charge >= 0.3 is 0 Å². The lowest BCUT2D eigenvalue weighted by molar-refractivity contribution is -0.170. The minimum atomic E-state index is -0.182. The molecule has 4 rings (SSSR count). The maximum absolute atomic E-state index is 12.4. The summed E-state index contributed by atoms with van der Waals surface area (Å²) in [6.45, 7) is 5.57. The van der Waals surface area contributed by atoms with E-state index in [4.69, 9.17) is 9.15 Å². The minimum absolute atomic E-state index is 0.0437. The second-order valence-corrected chi connectivity index (χ2v) is 7.79. The van der Waals surface area contributed by atoms with Crippen molar-refractivity contribution in [2.45, 2.75) is 44.6 Å². The van der Waals surface area contributed by atoms with Crippen LogP contribution >= 0.6 is 0 Å². The average molecular weight is 346 g/mol. The molecule has 25 heavy (non-hydrogen) atoms. The van der Waals surface area contributed by atoms with Crippen molar-refractivity contribution in [2.24, 2.45) is 5.92 Å². The van der Waals surface area contributed by atoms with Crippen LogP contribution < -0.4 is 0 Å². The Bertz CT molecular complexity index is 652. The Balaban J connectivity index is 1.26. The number of hydrogen-bond donors (Lipinski definition) is 0. The van der Waals surface area contributed by atoms with Gasteiger partial charge in [-0.25, -0.2) is 0 Å². The van der Waals surface area contributed by atoms with Gasteiger partial charge in [0.1, 0.15) is 5.60 Å². The molecule has 1 aromatic rings. The Kier molecular flexibility index (Phi) is 4.31. The summed E-state index contributed by atoms with van der Waals surface area (Å²) >= 11 is 0. The molecule has 4 heterocycles. The molecule has 0 saturated carbocycles. The highest BCUT2D eigenvalue weighted by Crippen LogP contribution is 2.37. The lowest BCUT2D eigenvalue weighted by Gasteiger charge is -2.52. The molecule has 1 aromatic heterocycles. The molecule has 3 aliphatic heterocycles. The standard InChI is InChI=1S/C19H26N2O4/c1-14-6-9-24-17(14)18(23)21-12-19(13-21)7-5-15(11-25-19)10-20-8-3-2-4-16(20)22/h6,9,15H,2-5,7-8,10-13H2,1H3/t15-/m0/s1. The van der Waals surface area contributed by atoms with Crippen molar-refractivity contribution >= 4 is 11.8 Å². The zero-order chi connectivity index (χ0) is 17.4. The summed E-state index contributed by atoms with van der Waals surface area (Å²) in [7, 11) is 0. The van der Waals surface area contributed by atoms with Crippen LogP contribution in [0, 0.1) is 12.8 Å². The molecule has 0 bridgehead atoms. The maximum atomic E-state index is 12.4. The molecular formula is C19H26N2O4. The largest absolute Gasteiger partial charge is 0.459 e. The molecule has 6 heteroatoms. The van der Waals surface area contributed by atoms with Crippen LogP contribution in [0.1, 0.15) is 48.2 Å². The second kappa shape index (κ2) is 6.48. The molecule has 3 fully saturated rings. The highest BCUT2D eigenvalue weighted by Gasteiger charge is 2.49. The predicted octanol–water partition coefficient (Wildman–Crippen LogP) is 2.22. The zero-order valence-corrected chi connectivity index (χ0v) is 14.8. The van der Waals surface area contributed by atoms with E-state index in [9.17, 15) is 9.59 Å². The molecule has 0 aliphatic carbocycles. The summed E-state index contributed by atoms with van der Waals surface area (Å²) in [5.74, 6) is 1.11. The lowest BCUT2D eigenvalue weighted by atomic mass is 9.82. The van der Waals surface area contributed by atoms with Gasteiger partial charge in [-0.05, 0) is 38.7 Å².